The molecule has 118 valence electrons. The smallest absolute Gasteiger partial charge is 0.265 e. The Morgan fingerprint density at radius 1 is 1.27 bits per heavy atom. The van der Waals surface area contributed by atoms with Crippen molar-refractivity contribution in [2.24, 2.45) is 0 Å². The van der Waals surface area contributed by atoms with Crippen LogP contribution in [0, 0.1) is 13.8 Å². The highest BCUT2D eigenvalue weighted by atomic mass is 32.1. The minimum absolute atomic E-state index is 0.0539. The lowest BCUT2D eigenvalue weighted by Crippen LogP contribution is -2.22. The first-order chi connectivity index (χ1) is 10.6. The minimum atomic E-state index is -0.0539. The molecule has 1 aliphatic carbocycles. The number of methoxy groups -OCH3 is 1. The minimum Gasteiger partial charge on any atom is -0.495 e. The van der Waals surface area contributed by atoms with Gasteiger partial charge in [-0.25, -0.2) is 4.98 Å². The van der Waals surface area contributed by atoms with Crippen LogP contribution < -0.4 is 10.1 Å². The Morgan fingerprint density at radius 3 is 2.73 bits per heavy atom. The van der Waals surface area contributed by atoms with Gasteiger partial charge in [-0.1, -0.05) is 0 Å². The molecule has 1 amide bonds. The second kappa shape index (κ2) is 6.38. The number of fused-ring (bicyclic) bond motifs is 1. The highest BCUT2D eigenvalue weighted by Gasteiger charge is 2.25. The lowest BCUT2D eigenvalue weighted by atomic mass is 9.98. The molecule has 0 radical (unpaired) electrons. The summed E-state index contributed by atoms with van der Waals surface area (Å²) in [7, 11) is 1.65. The Bertz CT molecular complexity index is 684. The van der Waals surface area contributed by atoms with Crippen LogP contribution in [0.4, 0.5) is 0 Å². The van der Waals surface area contributed by atoms with Gasteiger partial charge < -0.3 is 10.1 Å². The molecule has 2 aromatic rings. The fourth-order valence-corrected chi connectivity index (χ4v) is 4.90. The number of carbonyl (C=O) groups excluding carboxylic acids is 1. The van der Waals surface area contributed by atoms with E-state index in [9.17, 15) is 4.79 Å². The number of nitrogens with zero attached hydrogens (tertiary/aromatic N) is 1. The first kappa shape index (κ1) is 15.5. The van der Waals surface area contributed by atoms with Crippen LogP contribution in [0.2, 0.25) is 0 Å². The number of hydrogen-bond donors (Lipinski definition) is 1. The molecular formula is C16H20N2O2S2. The van der Waals surface area contributed by atoms with Crippen LogP contribution in [0.5, 0.6) is 5.75 Å². The highest BCUT2D eigenvalue weighted by molar-refractivity contribution is 7.14. The van der Waals surface area contributed by atoms with Gasteiger partial charge in [0.1, 0.15) is 15.6 Å². The maximum absolute atomic E-state index is 12.5. The summed E-state index contributed by atoms with van der Waals surface area (Å²) in [5, 5.41) is 3.93. The SMILES string of the molecule is COc1c(C(=O)NCc2nc(C)c(C)s2)sc2c1CCCC2. The molecule has 4 nitrogen and oxygen atoms in total. The predicted octanol–water partition coefficient (Wildman–Crippen LogP) is 3.64. The molecule has 0 bridgehead atoms. The monoisotopic (exact) mass is 336 g/mol. The van der Waals surface area contributed by atoms with Crippen LogP contribution in [0.1, 0.15) is 48.5 Å². The van der Waals surface area contributed by atoms with Gasteiger partial charge in [0.15, 0.2) is 0 Å². The van der Waals surface area contributed by atoms with Gasteiger partial charge in [-0.2, -0.15) is 0 Å². The van der Waals surface area contributed by atoms with Crippen molar-refractivity contribution in [2.75, 3.05) is 7.11 Å². The standard InChI is InChI=1S/C16H20N2O2S2/c1-9-10(2)21-13(18-9)8-17-16(19)15-14(20-3)11-6-4-5-7-12(11)22-15/h4-8H2,1-3H3,(H,17,19). The Kier molecular flexibility index (Phi) is 4.49. The van der Waals surface area contributed by atoms with Crippen LogP contribution in [0.25, 0.3) is 0 Å². The van der Waals surface area contributed by atoms with Gasteiger partial charge in [0.25, 0.3) is 5.91 Å². The number of rotatable bonds is 4. The van der Waals surface area contributed by atoms with Gasteiger partial charge >= 0.3 is 0 Å². The van der Waals surface area contributed by atoms with Gasteiger partial charge in [0.05, 0.1) is 19.3 Å². The normalized spacial score (nSPS) is 13.8. The van der Waals surface area contributed by atoms with Crippen molar-refractivity contribution in [3.05, 3.63) is 30.9 Å². The third kappa shape index (κ3) is 2.90. The summed E-state index contributed by atoms with van der Waals surface area (Å²) < 4.78 is 5.52. The molecular weight excluding hydrogens is 316 g/mol. The number of ether oxygens (including phenoxy) is 1. The van der Waals surface area contributed by atoms with Crippen molar-refractivity contribution in [1.82, 2.24) is 10.3 Å². The molecule has 0 aliphatic heterocycles. The second-order valence-corrected chi connectivity index (χ2v) is 7.90. The molecule has 2 heterocycles. The van der Waals surface area contributed by atoms with Crippen molar-refractivity contribution in [3.8, 4) is 5.75 Å². The van der Waals surface area contributed by atoms with E-state index >= 15 is 0 Å². The van der Waals surface area contributed by atoms with E-state index in [1.807, 2.05) is 6.92 Å². The number of hydrogen-bond acceptors (Lipinski definition) is 5. The fraction of sp³-hybridized carbons (Fsp3) is 0.500. The topological polar surface area (TPSA) is 51.2 Å². The quantitative estimate of drug-likeness (QED) is 0.927. The zero-order valence-corrected chi connectivity index (χ0v) is 14.7. The summed E-state index contributed by atoms with van der Waals surface area (Å²) in [6, 6.07) is 0. The fourth-order valence-electron chi connectivity index (χ4n) is 2.75. The van der Waals surface area contributed by atoms with Crippen molar-refractivity contribution in [1.29, 1.82) is 0 Å². The number of aromatic nitrogens is 1. The van der Waals surface area contributed by atoms with E-state index in [1.54, 1.807) is 29.8 Å². The lowest BCUT2D eigenvalue weighted by Gasteiger charge is -2.11. The summed E-state index contributed by atoms with van der Waals surface area (Å²) in [6.45, 7) is 4.52. The van der Waals surface area contributed by atoms with Crippen LogP contribution in [-0.2, 0) is 19.4 Å². The summed E-state index contributed by atoms with van der Waals surface area (Å²) in [5.74, 6) is 0.727. The lowest BCUT2D eigenvalue weighted by molar-refractivity contribution is 0.0952. The third-order valence-corrected chi connectivity index (χ3v) is 6.35. The van der Waals surface area contributed by atoms with Gasteiger partial charge in [-0.05, 0) is 39.5 Å². The maximum Gasteiger partial charge on any atom is 0.265 e. The Morgan fingerprint density at radius 2 is 2.05 bits per heavy atom. The number of nitrogens with one attached hydrogen (secondary N) is 1. The zero-order chi connectivity index (χ0) is 15.7. The average Bonchev–Trinajstić information content (AvgIpc) is 3.05. The largest absolute Gasteiger partial charge is 0.495 e. The van der Waals surface area contributed by atoms with E-state index in [-0.39, 0.29) is 5.91 Å². The molecule has 0 aromatic carbocycles. The van der Waals surface area contributed by atoms with Crippen molar-refractivity contribution in [3.63, 3.8) is 0 Å². The molecule has 6 heteroatoms. The van der Waals surface area contributed by atoms with E-state index in [4.69, 9.17) is 4.74 Å². The number of amides is 1. The van der Waals surface area contributed by atoms with E-state index < -0.39 is 0 Å². The molecule has 0 saturated heterocycles. The number of thiazole rings is 1. The average molecular weight is 336 g/mol. The van der Waals surface area contributed by atoms with E-state index in [0.29, 0.717) is 11.4 Å². The summed E-state index contributed by atoms with van der Waals surface area (Å²) in [6.07, 6.45) is 4.47. The van der Waals surface area contributed by atoms with Crippen molar-refractivity contribution in [2.45, 2.75) is 46.1 Å². The maximum atomic E-state index is 12.5. The molecule has 1 N–H and O–H groups in total. The molecule has 22 heavy (non-hydrogen) atoms. The zero-order valence-electron chi connectivity index (χ0n) is 13.1. The summed E-state index contributed by atoms with van der Waals surface area (Å²) in [4.78, 5) is 20.2. The summed E-state index contributed by atoms with van der Waals surface area (Å²) in [5.41, 5.74) is 2.28. The molecule has 0 spiro atoms. The Balaban J connectivity index is 1.76. The number of carbonyl (C=O) groups is 1. The van der Waals surface area contributed by atoms with E-state index in [0.717, 1.165) is 29.3 Å². The number of thiophene rings is 1. The van der Waals surface area contributed by atoms with Gasteiger partial charge in [0, 0.05) is 15.3 Å². The van der Waals surface area contributed by atoms with Crippen LogP contribution in [0.3, 0.4) is 0 Å². The van der Waals surface area contributed by atoms with Crippen molar-refractivity contribution >= 4 is 28.6 Å². The molecule has 2 aromatic heterocycles. The van der Waals surface area contributed by atoms with Crippen molar-refractivity contribution < 1.29 is 9.53 Å². The molecule has 0 atom stereocenters. The van der Waals surface area contributed by atoms with Crippen LogP contribution >= 0.6 is 22.7 Å². The predicted molar refractivity (Wildman–Crippen MR) is 90.3 cm³/mol. The van der Waals surface area contributed by atoms with Crippen LogP contribution in [0.15, 0.2) is 0 Å². The Hall–Kier alpha value is -1.40. The Labute approximate surface area is 138 Å². The van der Waals surface area contributed by atoms with E-state index in [1.165, 1.54) is 28.2 Å². The van der Waals surface area contributed by atoms with E-state index in [2.05, 4.69) is 17.2 Å². The molecule has 0 saturated carbocycles. The molecule has 1 aliphatic rings. The van der Waals surface area contributed by atoms with Gasteiger partial charge in [0.2, 0.25) is 0 Å². The third-order valence-electron chi connectivity index (χ3n) is 4.01. The molecule has 0 unspecified atom stereocenters. The first-order valence-corrected chi connectivity index (χ1v) is 9.13. The van der Waals surface area contributed by atoms with Gasteiger partial charge in [-0.15, -0.1) is 22.7 Å². The van der Waals surface area contributed by atoms with Crippen LogP contribution in [-0.4, -0.2) is 18.0 Å². The highest BCUT2D eigenvalue weighted by Crippen LogP contribution is 2.39. The first-order valence-electron chi connectivity index (χ1n) is 7.49. The summed E-state index contributed by atoms with van der Waals surface area (Å²) >= 11 is 3.22. The molecule has 3 rings (SSSR count). The van der Waals surface area contributed by atoms with Gasteiger partial charge in [-0.3, -0.25) is 4.79 Å². The molecule has 0 fully saturated rings. The second-order valence-electron chi connectivity index (χ2n) is 5.51. The number of aryl methyl sites for hydroxylation is 3.